The van der Waals surface area contributed by atoms with Gasteiger partial charge < -0.3 is 20.3 Å². The molecule has 1 aromatic rings. The molecule has 5 nitrogen and oxygen atoms in total. The Balaban J connectivity index is 2.70. The summed E-state index contributed by atoms with van der Waals surface area (Å²) in [6.45, 7) is 4.50. The van der Waals surface area contributed by atoms with E-state index in [1.54, 1.807) is 20.8 Å². The number of carbonyl (C=O) groups is 1. The summed E-state index contributed by atoms with van der Waals surface area (Å²) in [4.78, 5) is 11.4. The van der Waals surface area contributed by atoms with E-state index < -0.39 is 47.6 Å². The normalized spacial score (nSPS) is 14.4. The third-order valence-electron chi connectivity index (χ3n) is 2.56. The molecule has 1 amide bonds. The Hall–Kier alpha value is -1.44. The number of aliphatic hydroxyl groups excluding tert-OH is 2. The first-order valence-electron chi connectivity index (χ1n) is 6.48. The summed E-state index contributed by atoms with van der Waals surface area (Å²) < 4.78 is 32.2. The Morgan fingerprint density at radius 1 is 1.32 bits per heavy atom. The van der Waals surface area contributed by atoms with Crippen molar-refractivity contribution in [3.63, 3.8) is 0 Å². The van der Waals surface area contributed by atoms with Gasteiger partial charge >= 0.3 is 6.09 Å². The van der Waals surface area contributed by atoms with Crippen LogP contribution in [0.2, 0.25) is 5.02 Å². The molecule has 0 saturated heterocycles. The van der Waals surface area contributed by atoms with Gasteiger partial charge in [0.1, 0.15) is 29.4 Å². The summed E-state index contributed by atoms with van der Waals surface area (Å²) in [7, 11) is 0. The van der Waals surface area contributed by atoms with Crippen molar-refractivity contribution < 1.29 is 28.5 Å². The lowest BCUT2D eigenvalue weighted by Gasteiger charge is -2.22. The van der Waals surface area contributed by atoms with Gasteiger partial charge in [0.15, 0.2) is 0 Å². The predicted molar refractivity (Wildman–Crippen MR) is 76.6 cm³/mol. The second-order valence-electron chi connectivity index (χ2n) is 5.68. The van der Waals surface area contributed by atoms with Gasteiger partial charge in [-0.3, -0.25) is 0 Å². The molecule has 0 aliphatic rings. The molecule has 0 aliphatic heterocycles. The predicted octanol–water partition coefficient (Wildman–Crippen LogP) is 2.54. The third kappa shape index (κ3) is 5.40. The summed E-state index contributed by atoms with van der Waals surface area (Å²) in [5.41, 5.74) is -1.45. The maximum atomic E-state index is 13.6. The van der Waals surface area contributed by atoms with Crippen LogP contribution in [0, 0.1) is 11.6 Å². The molecule has 0 fully saturated rings. The number of aliphatic hydroxyl groups is 2. The van der Waals surface area contributed by atoms with E-state index in [1.165, 1.54) is 0 Å². The first kappa shape index (κ1) is 18.6. The number of amides is 1. The van der Waals surface area contributed by atoms with Crippen molar-refractivity contribution in [1.82, 2.24) is 5.32 Å². The topological polar surface area (TPSA) is 78.8 Å². The molecular weight excluding hydrogens is 320 g/mol. The highest BCUT2D eigenvalue weighted by atomic mass is 35.5. The maximum absolute atomic E-state index is 13.6. The van der Waals surface area contributed by atoms with Crippen molar-refractivity contribution in [2.75, 3.05) is 6.54 Å². The molecule has 3 N–H and O–H groups in total. The molecular formula is C14H18ClF2NO4. The van der Waals surface area contributed by atoms with Crippen LogP contribution in [0.3, 0.4) is 0 Å². The second-order valence-corrected chi connectivity index (χ2v) is 6.11. The average molecular weight is 338 g/mol. The molecule has 0 heterocycles. The number of alkyl carbamates (subject to hydrolysis) is 1. The Morgan fingerprint density at radius 2 is 1.82 bits per heavy atom. The number of rotatable bonds is 4. The van der Waals surface area contributed by atoms with Gasteiger partial charge in [0.2, 0.25) is 0 Å². The summed E-state index contributed by atoms with van der Waals surface area (Å²) >= 11 is 5.47. The fourth-order valence-electron chi connectivity index (χ4n) is 1.64. The molecule has 2 atom stereocenters. The van der Waals surface area contributed by atoms with Gasteiger partial charge in [0.25, 0.3) is 0 Å². The number of benzene rings is 1. The van der Waals surface area contributed by atoms with Crippen molar-refractivity contribution in [3.8, 4) is 0 Å². The zero-order valence-electron chi connectivity index (χ0n) is 12.4. The fourth-order valence-corrected chi connectivity index (χ4v) is 1.83. The standard InChI is InChI=1S/C14H18ClF2NO4/c1-14(2,3)22-13(21)18-6-10(19)12(20)11-8(16)4-7(15)5-9(11)17/h4-5,10,12,19-20H,6H2,1-3H3,(H,18,21). The molecule has 22 heavy (non-hydrogen) atoms. The van der Waals surface area contributed by atoms with Gasteiger partial charge in [-0.15, -0.1) is 0 Å². The zero-order valence-corrected chi connectivity index (χ0v) is 13.1. The molecule has 8 heteroatoms. The third-order valence-corrected chi connectivity index (χ3v) is 2.78. The molecule has 0 aliphatic carbocycles. The molecule has 124 valence electrons. The quantitative estimate of drug-likeness (QED) is 0.789. The largest absolute Gasteiger partial charge is 0.444 e. The van der Waals surface area contributed by atoms with Crippen molar-refractivity contribution in [3.05, 3.63) is 34.4 Å². The molecule has 1 aromatic carbocycles. The van der Waals surface area contributed by atoms with E-state index in [4.69, 9.17) is 16.3 Å². The summed E-state index contributed by atoms with van der Waals surface area (Å²) in [5.74, 6) is -2.18. The van der Waals surface area contributed by atoms with Crippen LogP contribution in [0.15, 0.2) is 12.1 Å². The van der Waals surface area contributed by atoms with Crippen LogP contribution < -0.4 is 5.32 Å². The highest BCUT2D eigenvalue weighted by molar-refractivity contribution is 6.30. The second kappa shape index (κ2) is 7.21. The summed E-state index contributed by atoms with van der Waals surface area (Å²) in [6, 6.07) is 1.63. The lowest BCUT2D eigenvalue weighted by atomic mass is 10.0. The highest BCUT2D eigenvalue weighted by Crippen LogP contribution is 2.26. The number of nitrogens with one attached hydrogen (secondary N) is 1. The van der Waals surface area contributed by atoms with Crippen LogP contribution in [-0.4, -0.2) is 34.6 Å². The molecule has 0 spiro atoms. The van der Waals surface area contributed by atoms with E-state index in [-0.39, 0.29) is 5.02 Å². The molecule has 0 saturated carbocycles. The molecule has 0 radical (unpaired) electrons. The van der Waals surface area contributed by atoms with E-state index >= 15 is 0 Å². The van der Waals surface area contributed by atoms with Crippen LogP contribution in [0.5, 0.6) is 0 Å². The van der Waals surface area contributed by atoms with Crippen LogP contribution in [0.1, 0.15) is 32.4 Å². The van der Waals surface area contributed by atoms with E-state index in [9.17, 15) is 23.8 Å². The minimum absolute atomic E-state index is 0.174. The maximum Gasteiger partial charge on any atom is 0.407 e. The number of hydrogen-bond donors (Lipinski definition) is 3. The van der Waals surface area contributed by atoms with Gasteiger partial charge in [-0.05, 0) is 32.9 Å². The number of hydrogen-bond acceptors (Lipinski definition) is 4. The van der Waals surface area contributed by atoms with Crippen LogP contribution in [0.4, 0.5) is 13.6 Å². The fraction of sp³-hybridized carbons (Fsp3) is 0.500. The molecule has 2 unspecified atom stereocenters. The Morgan fingerprint density at radius 3 is 2.27 bits per heavy atom. The monoisotopic (exact) mass is 337 g/mol. The molecule has 0 aromatic heterocycles. The summed E-state index contributed by atoms with van der Waals surface area (Å²) in [5, 5.41) is 21.6. The van der Waals surface area contributed by atoms with Gasteiger partial charge in [-0.1, -0.05) is 11.6 Å². The first-order chi connectivity index (χ1) is 10.0. The van der Waals surface area contributed by atoms with E-state index in [1.807, 2.05) is 0 Å². The van der Waals surface area contributed by atoms with Crippen molar-refractivity contribution >= 4 is 17.7 Å². The minimum atomic E-state index is -1.87. The van der Waals surface area contributed by atoms with Gasteiger partial charge in [-0.2, -0.15) is 0 Å². The zero-order chi connectivity index (χ0) is 17.1. The Kier molecular flexibility index (Phi) is 6.10. The molecule has 0 bridgehead atoms. The van der Waals surface area contributed by atoms with E-state index in [0.717, 1.165) is 12.1 Å². The first-order valence-corrected chi connectivity index (χ1v) is 6.86. The van der Waals surface area contributed by atoms with Crippen molar-refractivity contribution in [2.24, 2.45) is 0 Å². The number of carbonyl (C=O) groups excluding carboxylic acids is 1. The average Bonchev–Trinajstić information content (AvgIpc) is 2.32. The Labute approximate surface area is 131 Å². The number of ether oxygens (including phenoxy) is 1. The summed E-state index contributed by atoms with van der Waals surface area (Å²) in [6.07, 6.45) is -4.32. The highest BCUT2D eigenvalue weighted by Gasteiger charge is 2.26. The van der Waals surface area contributed by atoms with Crippen molar-refractivity contribution in [1.29, 1.82) is 0 Å². The van der Waals surface area contributed by atoms with E-state index in [0.29, 0.717) is 0 Å². The Bertz CT molecular complexity index is 525. The van der Waals surface area contributed by atoms with Crippen molar-refractivity contribution in [2.45, 2.75) is 38.6 Å². The molecule has 1 rings (SSSR count). The lowest BCUT2D eigenvalue weighted by molar-refractivity contribution is 0.00953. The lowest BCUT2D eigenvalue weighted by Crippen LogP contribution is -2.39. The smallest absolute Gasteiger partial charge is 0.407 e. The van der Waals surface area contributed by atoms with Crippen LogP contribution in [-0.2, 0) is 4.74 Å². The minimum Gasteiger partial charge on any atom is -0.444 e. The van der Waals surface area contributed by atoms with Gasteiger partial charge in [-0.25, -0.2) is 13.6 Å². The van der Waals surface area contributed by atoms with Crippen LogP contribution >= 0.6 is 11.6 Å². The van der Waals surface area contributed by atoms with Gasteiger partial charge in [0, 0.05) is 11.6 Å². The number of halogens is 3. The van der Waals surface area contributed by atoms with Crippen LogP contribution in [0.25, 0.3) is 0 Å². The SMILES string of the molecule is CC(C)(C)OC(=O)NCC(O)C(O)c1c(F)cc(Cl)cc1F. The van der Waals surface area contributed by atoms with Gasteiger partial charge in [0.05, 0.1) is 5.56 Å². The van der Waals surface area contributed by atoms with E-state index in [2.05, 4.69) is 5.32 Å².